The van der Waals surface area contributed by atoms with Crippen LogP contribution in [0.2, 0.25) is 0 Å². The van der Waals surface area contributed by atoms with Crippen LogP contribution >= 0.6 is 0 Å². The number of nitrogens with one attached hydrogen (secondary N) is 2. The number of halogens is 1. The third kappa shape index (κ3) is 3.01. The van der Waals surface area contributed by atoms with E-state index in [-0.39, 0.29) is 17.8 Å². The van der Waals surface area contributed by atoms with Crippen molar-refractivity contribution in [2.24, 2.45) is 0 Å². The van der Waals surface area contributed by atoms with Gasteiger partial charge in [0.25, 0.3) is 0 Å². The second kappa shape index (κ2) is 6.03. The first-order valence-corrected chi connectivity index (χ1v) is 6.94. The van der Waals surface area contributed by atoms with Gasteiger partial charge < -0.3 is 9.88 Å². The van der Waals surface area contributed by atoms with Crippen molar-refractivity contribution in [3.63, 3.8) is 0 Å². The molecule has 0 radical (unpaired) electrons. The number of hydrogen-bond acceptors (Lipinski definition) is 3. The van der Waals surface area contributed by atoms with Crippen LogP contribution in [0.15, 0.2) is 48.8 Å². The van der Waals surface area contributed by atoms with Crippen LogP contribution in [0.1, 0.15) is 12.5 Å². The summed E-state index contributed by atoms with van der Waals surface area (Å²) in [5.41, 5.74) is 4.63. The third-order valence-corrected chi connectivity index (χ3v) is 3.37. The first-order valence-electron chi connectivity index (χ1n) is 6.94. The van der Waals surface area contributed by atoms with Crippen LogP contribution in [0.5, 0.6) is 0 Å². The molecule has 6 heteroatoms. The number of amides is 1. The second-order valence-electron chi connectivity index (χ2n) is 5.03. The van der Waals surface area contributed by atoms with E-state index >= 15 is 0 Å². The van der Waals surface area contributed by atoms with Gasteiger partial charge in [0, 0.05) is 24.9 Å². The van der Waals surface area contributed by atoms with Gasteiger partial charge in [-0.3, -0.25) is 15.1 Å². The van der Waals surface area contributed by atoms with Crippen molar-refractivity contribution < 1.29 is 14.0 Å². The summed E-state index contributed by atoms with van der Waals surface area (Å²) in [6, 6.07) is 8.68. The van der Waals surface area contributed by atoms with Crippen molar-refractivity contribution in [2.75, 3.05) is 6.54 Å². The molecule has 1 aromatic carbocycles. The Kier molecular flexibility index (Phi) is 3.93. The zero-order valence-electron chi connectivity index (χ0n) is 12.0. The van der Waals surface area contributed by atoms with E-state index in [9.17, 15) is 9.18 Å². The van der Waals surface area contributed by atoms with Gasteiger partial charge in [0.15, 0.2) is 0 Å². The number of benzene rings is 1. The van der Waals surface area contributed by atoms with Crippen molar-refractivity contribution in [3.8, 4) is 5.69 Å². The predicted octanol–water partition coefficient (Wildman–Crippen LogP) is 2.00. The van der Waals surface area contributed by atoms with Gasteiger partial charge >= 0.3 is 0 Å². The van der Waals surface area contributed by atoms with E-state index in [0.29, 0.717) is 23.5 Å². The Morgan fingerprint density at radius 2 is 2.18 bits per heavy atom. The largest absolute Gasteiger partial charge is 0.353 e. The van der Waals surface area contributed by atoms with E-state index in [0.717, 1.165) is 0 Å². The SMILES string of the molecule is CC(=O)NCC1C=C(c2ccc(-n3cccc3)c(F)c2)NO1. The molecule has 114 valence electrons. The molecule has 5 nitrogen and oxygen atoms in total. The van der Waals surface area contributed by atoms with Crippen LogP contribution in [0, 0.1) is 5.82 Å². The normalized spacial score (nSPS) is 17.0. The lowest BCUT2D eigenvalue weighted by Crippen LogP contribution is -2.30. The van der Waals surface area contributed by atoms with E-state index in [2.05, 4.69) is 10.8 Å². The van der Waals surface area contributed by atoms with E-state index < -0.39 is 0 Å². The quantitative estimate of drug-likeness (QED) is 0.908. The minimum atomic E-state index is -0.318. The highest BCUT2D eigenvalue weighted by molar-refractivity contribution is 5.73. The second-order valence-corrected chi connectivity index (χ2v) is 5.03. The molecule has 0 saturated heterocycles. The molecule has 2 N–H and O–H groups in total. The Hall–Kier alpha value is -2.60. The highest BCUT2D eigenvalue weighted by Gasteiger charge is 2.18. The minimum Gasteiger partial charge on any atom is -0.353 e. The average molecular weight is 301 g/mol. The molecular formula is C16H16FN3O2. The van der Waals surface area contributed by atoms with Crippen LogP contribution in [0.25, 0.3) is 11.4 Å². The fourth-order valence-electron chi connectivity index (χ4n) is 2.27. The minimum absolute atomic E-state index is 0.118. The summed E-state index contributed by atoms with van der Waals surface area (Å²) >= 11 is 0. The van der Waals surface area contributed by atoms with Gasteiger partial charge in [0.1, 0.15) is 11.9 Å². The summed E-state index contributed by atoms with van der Waals surface area (Å²) in [6.45, 7) is 1.82. The fourth-order valence-corrected chi connectivity index (χ4v) is 2.27. The van der Waals surface area contributed by atoms with Crippen molar-refractivity contribution in [3.05, 3.63) is 60.2 Å². The average Bonchev–Trinajstić information content (AvgIpc) is 3.16. The maximum absolute atomic E-state index is 14.2. The monoisotopic (exact) mass is 301 g/mol. The van der Waals surface area contributed by atoms with Gasteiger partial charge in [0.2, 0.25) is 5.91 Å². The van der Waals surface area contributed by atoms with E-state index in [4.69, 9.17) is 4.84 Å². The number of aromatic nitrogens is 1. The highest BCUT2D eigenvalue weighted by atomic mass is 19.1. The summed E-state index contributed by atoms with van der Waals surface area (Å²) in [4.78, 5) is 16.2. The molecule has 1 amide bonds. The van der Waals surface area contributed by atoms with Crippen LogP contribution in [0.3, 0.4) is 0 Å². The number of hydrogen-bond donors (Lipinski definition) is 2. The molecule has 0 aliphatic carbocycles. The van der Waals surface area contributed by atoms with Gasteiger partial charge in [0.05, 0.1) is 17.9 Å². The first-order chi connectivity index (χ1) is 10.6. The molecule has 22 heavy (non-hydrogen) atoms. The molecule has 1 aromatic heterocycles. The van der Waals surface area contributed by atoms with Crippen molar-refractivity contribution in [2.45, 2.75) is 13.0 Å². The molecule has 0 saturated carbocycles. The van der Waals surface area contributed by atoms with Crippen LogP contribution < -0.4 is 10.8 Å². The predicted molar refractivity (Wildman–Crippen MR) is 80.4 cm³/mol. The smallest absolute Gasteiger partial charge is 0.216 e. The summed E-state index contributed by atoms with van der Waals surface area (Å²) in [5.74, 6) is -0.436. The van der Waals surface area contributed by atoms with Gasteiger partial charge in [-0.15, -0.1) is 0 Å². The number of hydroxylamine groups is 1. The van der Waals surface area contributed by atoms with Crippen molar-refractivity contribution >= 4 is 11.6 Å². The number of carbonyl (C=O) groups excluding carboxylic acids is 1. The van der Waals surface area contributed by atoms with E-state index in [1.165, 1.54) is 13.0 Å². The summed E-state index contributed by atoms with van der Waals surface area (Å²) in [7, 11) is 0. The van der Waals surface area contributed by atoms with Gasteiger partial charge in [-0.05, 0) is 30.3 Å². The van der Waals surface area contributed by atoms with Crippen LogP contribution in [0.4, 0.5) is 4.39 Å². The molecule has 2 aromatic rings. The lowest BCUT2D eigenvalue weighted by Gasteiger charge is -2.08. The van der Waals surface area contributed by atoms with E-state index in [1.807, 2.05) is 24.3 Å². The lowest BCUT2D eigenvalue weighted by molar-refractivity contribution is -0.119. The van der Waals surface area contributed by atoms with Crippen LogP contribution in [-0.4, -0.2) is 23.1 Å². The topological polar surface area (TPSA) is 55.3 Å². The number of nitrogens with zero attached hydrogens (tertiary/aromatic N) is 1. The van der Waals surface area contributed by atoms with E-state index in [1.54, 1.807) is 23.0 Å². The van der Waals surface area contributed by atoms with Crippen LogP contribution in [-0.2, 0) is 9.63 Å². The van der Waals surface area contributed by atoms with Gasteiger partial charge in [-0.2, -0.15) is 0 Å². The van der Waals surface area contributed by atoms with Gasteiger partial charge in [-0.1, -0.05) is 6.07 Å². The van der Waals surface area contributed by atoms with Crippen molar-refractivity contribution in [1.29, 1.82) is 0 Å². The molecule has 0 spiro atoms. The molecule has 0 bridgehead atoms. The molecule has 0 fully saturated rings. The Morgan fingerprint density at radius 1 is 1.41 bits per heavy atom. The Bertz CT molecular complexity index is 710. The molecule has 1 aliphatic heterocycles. The fraction of sp³-hybridized carbons (Fsp3) is 0.188. The molecular weight excluding hydrogens is 285 g/mol. The standard InChI is InChI=1S/C16H16FN3O2/c1-11(21)18-10-13-9-15(19-22-13)12-4-5-16(14(17)8-12)20-6-2-3-7-20/h2-9,13,19H,10H2,1H3,(H,18,21). The Labute approximate surface area is 127 Å². The highest BCUT2D eigenvalue weighted by Crippen LogP contribution is 2.22. The molecule has 2 heterocycles. The summed E-state index contributed by atoms with van der Waals surface area (Å²) in [5, 5.41) is 2.67. The zero-order valence-corrected chi connectivity index (χ0v) is 12.0. The molecule has 1 unspecified atom stereocenters. The van der Waals surface area contributed by atoms with Crippen molar-refractivity contribution in [1.82, 2.24) is 15.4 Å². The Morgan fingerprint density at radius 3 is 2.86 bits per heavy atom. The Balaban J connectivity index is 1.77. The maximum Gasteiger partial charge on any atom is 0.216 e. The number of carbonyl (C=O) groups is 1. The van der Waals surface area contributed by atoms with Gasteiger partial charge in [-0.25, -0.2) is 4.39 Å². The molecule has 1 aliphatic rings. The summed E-state index contributed by atoms with van der Waals surface area (Å²) < 4.78 is 16.0. The third-order valence-electron chi connectivity index (χ3n) is 3.37. The maximum atomic E-state index is 14.2. The molecule has 3 rings (SSSR count). The number of rotatable bonds is 4. The molecule has 1 atom stereocenters. The summed E-state index contributed by atoms with van der Waals surface area (Å²) in [6.07, 6.45) is 5.13. The lowest BCUT2D eigenvalue weighted by atomic mass is 10.1. The first kappa shape index (κ1) is 14.3. The zero-order chi connectivity index (χ0) is 15.5.